The van der Waals surface area contributed by atoms with Gasteiger partial charge in [-0.2, -0.15) is 5.10 Å². The van der Waals surface area contributed by atoms with E-state index in [1.165, 1.54) is 0 Å². The van der Waals surface area contributed by atoms with Crippen LogP contribution in [0.4, 0.5) is 0 Å². The van der Waals surface area contributed by atoms with E-state index in [-0.39, 0.29) is 0 Å². The van der Waals surface area contributed by atoms with Gasteiger partial charge in [0, 0.05) is 38.4 Å². The monoisotopic (exact) mass is 238 g/mol. The highest BCUT2D eigenvalue weighted by molar-refractivity contribution is 4.99. The van der Waals surface area contributed by atoms with Crippen LogP contribution in [0, 0.1) is 5.92 Å². The summed E-state index contributed by atoms with van der Waals surface area (Å²) in [4.78, 5) is 2.37. The molecule has 0 aliphatic carbocycles. The van der Waals surface area contributed by atoms with Crippen LogP contribution >= 0.6 is 0 Å². The Morgan fingerprint density at radius 1 is 1.35 bits per heavy atom. The zero-order chi connectivity index (χ0) is 12.8. The van der Waals surface area contributed by atoms with Crippen LogP contribution in [0.15, 0.2) is 12.3 Å². The Bertz CT molecular complexity index is 317. The Labute approximate surface area is 105 Å². The molecule has 0 aromatic carbocycles. The lowest BCUT2D eigenvalue weighted by molar-refractivity contribution is 0.239. The second-order valence-corrected chi connectivity index (χ2v) is 5.30. The van der Waals surface area contributed by atoms with Gasteiger partial charge in [-0.25, -0.2) is 0 Å². The minimum atomic E-state index is 0.428. The summed E-state index contributed by atoms with van der Waals surface area (Å²) < 4.78 is 2.01. The van der Waals surface area contributed by atoms with Crippen LogP contribution in [0.25, 0.3) is 0 Å². The first-order valence-electron chi connectivity index (χ1n) is 6.49. The topological polar surface area (TPSA) is 47.1 Å². The molecule has 1 aromatic heterocycles. The third kappa shape index (κ3) is 4.88. The van der Waals surface area contributed by atoms with Gasteiger partial charge in [0.15, 0.2) is 0 Å². The Balaban J connectivity index is 2.58. The minimum Gasteiger partial charge on any atom is -0.329 e. The first-order valence-corrected chi connectivity index (χ1v) is 6.49. The number of rotatable bonds is 7. The van der Waals surface area contributed by atoms with E-state index in [1.807, 2.05) is 4.68 Å². The predicted molar refractivity (Wildman–Crippen MR) is 71.8 cm³/mol. The van der Waals surface area contributed by atoms with Gasteiger partial charge in [-0.1, -0.05) is 13.8 Å². The van der Waals surface area contributed by atoms with E-state index < -0.39 is 0 Å². The summed E-state index contributed by atoms with van der Waals surface area (Å²) in [5, 5.41) is 4.57. The Hall–Kier alpha value is -0.870. The van der Waals surface area contributed by atoms with Gasteiger partial charge in [0.25, 0.3) is 0 Å². The average Bonchev–Trinajstić information content (AvgIpc) is 2.65. The molecule has 0 aliphatic rings. The maximum absolute atomic E-state index is 5.64. The number of nitrogens with two attached hydrogens (primary N) is 1. The molecular formula is C13H26N4. The highest BCUT2D eigenvalue weighted by atomic mass is 15.3. The maximum Gasteiger partial charge on any atom is 0.0764 e. The van der Waals surface area contributed by atoms with E-state index in [0.29, 0.717) is 18.5 Å². The van der Waals surface area contributed by atoms with Crippen molar-refractivity contribution in [3.8, 4) is 0 Å². The summed E-state index contributed by atoms with van der Waals surface area (Å²) in [5.74, 6) is 0.661. The molecule has 0 amide bonds. The second-order valence-electron chi connectivity index (χ2n) is 5.30. The van der Waals surface area contributed by atoms with E-state index in [4.69, 9.17) is 5.73 Å². The predicted octanol–water partition coefficient (Wildman–Crippen LogP) is 1.88. The third-order valence-electron chi connectivity index (χ3n) is 2.65. The summed E-state index contributed by atoms with van der Waals surface area (Å²) in [6.45, 7) is 12.4. The van der Waals surface area contributed by atoms with Gasteiger partial charge in [-0.15, -0.1) is 0 Å². The zero-order valence-corrected chi connectivity index (χ0v) is 11.6. The molecule has 0 bridgehead atoms. The van der Waals surface area contributed by atoms with Crippen LogP contribution in [-0.4, -0.2) is 34.3 Å². The summed E-state index contributed by atoms with van der Waals surface area (Å²) >= 11 is 0. The molecule has 17 heavy (non-hydrogen) atoms. The van der Waals surface area contributed by atoms with Crippen molar-refractivity contribution < 1.29 is 0 Å². The van der Waals surface area contributed by atoms with Crippen LogP contribution in [0.2, 0.25) is 0 Å². The molecule has 0 saturated heterocycles. The molecular weight excluding hydrogens is 212 g/mol. The number of hydrogen-bond donors (Lipinski definition) is 1. The lowest BCUT2D eigenvalue weighted by Gasteiger charge is -2.22. The van der Waals surface area contributed by atoms with Gasteiger partial charge in [-0.3, -0.25) is 9.58 Å². The van der Waals surface area contributed by atoms with E-state index in [0.717, 1.165) is 25.3 Å². The molecule has 0 unspecified atom stereocenters. The summed E-state index contributed by atoms with van der Waals surface area (Å²) in [7, 11) is 0. The number of aromatic nitrogens is 2. The van der Waals surface area contributed by atoms with Gasteiger partial charge >= 0.3 is 0 Å². The van der Waals surface area contributed by atoms with Crippen molar-refractivity contribution in [2.75, 3.05) is 19.6 Å². The summed E-state index contributed by atoms with van der Waals surface area (Å²) in [6, 6.07) is 2.53. The summed E-state index contributed by atoms with van der Waals surface area (Å²) in [6.07, 6.45) is 2.05. The normalized spacial score (nSPS) is 12.0. The van der Waals surface area contributed by atoms with Crippen LogP contribution in [-0.2, 0) is 6.54 Å². The van der Waals surface area contributed by atoms with E-state index in [2.05, 4.69) is 50.0 Å². The SMILES string of the molecule is CC(C)CN(CCN)Cc1ccn(C(C)C)n1. The molecule has 1 aromatic rings. The van der Waals surface area contributed by atoms with Gasteiger partial charge in [0.2, 0.25) is 0 Å². The quantitative estimate of drug-likeness (QED) is 0.789. The molecule has 0 radical (unpaired) electrons. The van der Waals surface area contributed by atoms with Gasteiger partial charge < -0.3 is 5.73 Å². The molecule has 1 heterocycles. The van der Waals surface area contributed by atoms with Crippen LogP contribution < -0.4 is 5.73 Å². The molecule has 0 saturated carbocycles. The Kier molecular flexibility index (Phi) is 5.65. The molecule has 1 rings (SSSR count). The van der Waals surface area contributed by atoms with Crippen LogP contribution in [0.5, 0.6) is 0 Å². The van der Waals surface area contributed by atoms with Crippen LogP contribution in [0.3, 0.4) is 0 Å². The van der Waals surface area contributed by atoms with Crippen LogP contribution in [0.1, 0.15) is 39.4 Å². The largest absolute Gasteiger partial charge is 0.329 e. The number of nitrogens with zero attached hydrogens (tertiary/aromatic N) is 3. The molecule has 0 spiro atoms. The first kappa shape index (κ1) is 14.2. The lowest BCUT2D eigenvalue weighted by atomic mass is 10.2. The van der Waals surface area contributed by atoms with Gasteiger partial charge in [-0.05, 0) is 25.8 Å². The molecule has 0 atom stereocenters. The number of hydrogen-bond acceptors (Lipinski definition) is 3. The minimum absolute atomic E-state index is 0.428. The lowest BCUT2D eigenvalue weighted by Crippen LogP contribution is -2.32. The van der Waals surface area contributed by atoms with Crippen molar-refractivity contribution in [2.45, 2.75) is 40.3 Å². The third-order valence-corrected chi connectivity index (χ3v) is 2.65. The van der Waals surface area contributed by atoms with Crippen molar-refractivity contribution in [2.24, 2.45) is 11.7 Å². The first-order chi connectivity index (χ1) is 8.02. The van der Waals surface area contributed by atoms with Crippen molar-refractivity contribution in [3.05, 3.63) is 18.0 Å². The standard InChI is InChI=1S/C13H26N4/c1-11(2)9-16(8-6-14)10-13-5-7-17(15-13)12(3)4/h5,7,11-12H,6,8-10,14H2,1-4H3. The zero-order valence-electron chi connectivity index (χ0n) is 11.6. The van der Waals surface area contributed by atoms with E-state index >= 15 is 0 Å². The summed E-state index contributed by atoms with van der Waals surface area (Å²) in [5.41, 5.74) is 6.78. The molecule has 4 heteroatoms. The van der Waals surface area contributed by atoms with Gasteiger partial charge in [0.05, 0.1) is 5.69 Å². The van der Waals surface area contributed by atoms with Crippen molar-refractivity contribution in [1.82, 2.24) is 14.7 Å². The molecule has 2 N–H and O–H groups in total. The van der Waals surface area contributed by atoms with Crippen molar-refractivity contribution >= 4 is 0 Å². The fraction of sp³-hybridized carbons (Fsp3) is 0.769. The average molecular weight is 238 g/mol. The highest BCUT2D eigenvalue weighted by Gasteiger charge is 2.09. The van der Waals surface area contributed by atoms with Crippen molar-refractivity contribution in [3.63, 3.8) is 0 Å². The molecule has 4 nitrogen and oxygen atoms in total. The van der Waals surface area contributed by atoms with Crippen molar-refractivity contribution in [1.29, 1.82) is 0 Å². The smallest absolute Gasteiger partial charge is 0.0764 e. The fourth-order valence-electron chi connectivity index (χ4n) is 1.91. The Morgan fingerprint density at radius 2 is 2.06 bits per heavy atom. The fourth-order valence-corrected chi connectivity index (χ4v) is 1.91. The molecule has 0 fully saturated rings. The van der Waals surface area contributed by atoms with Gasteiger partial charge in [0.1, 0.15) is 0 Å². The van der Waals surface area contributed by atoms with E-state index in [9.17, 15) is 0 Å². The Morgan fingerprint density at radius 3 is 2.53 bits per heavy atom. The molecule has 98 valence electrons. The highest BCUT2D eigenvalue weighted by Crippen LogP contribution is 2.08. The maximum atomic E-state index is 5.64. The van der Waals surface area contributed by atoms with E-state index in [1.54, 1.807) is 0 Å². The second kappa shape index (κ2) is 6.77. The molecule has 0 aliphatic heterocycles.